The number of halogens is 3. The number of hydrazine groups is 1. The SMILES string of the molecule is COc1cc(C2C3=CCC4C(=O)N(c5cc([N+](=O)[O-])c(N(C)C)c([N+](=O)[O-])c5)C(=O)C4C3CC3C(=O)N(Nc4ccc(F)cc4)C(=O)C32c2ccc(Cl)cc2)cc(Br)c1O. The Morgan fingerprint density at radius 3 is 2.15 bits per heavy atom. The summed E-state index contributed by atoms with van der Waals surface area (Å²) >= 11 is 9.76. The Labute approximate surface area is 353 Å². The molecule has 4 aliphatic rings. The molecule has 2 N–H and O–H groups in total. The lowest BCUT2D eigenvalue weighted by atomic mass is 9.49. The van der Waals surface area contributed by atoms with E-state index < -0.39 is 85.7 Å². The monoisotopic (exact) mass is 902 g/mol. The standard InChI is InChI=1S/C41H33BrClFN6O10/c1-46(2)35-30(49(56)57)16-24(17-31(35)50(58)59)47-37(52)26-13-12-25-27(33(26)39(47)54)18-28-38(53)48(45-23-10-8-22(44)9-11-23)40(55)41(28,20-4-6-21(43)7-5-20)34(25)19-14-29(42)36(51)32(15-19)60-3/h4-12,14-17,26-28,33-34,45,51H,13,18H2,1-3H3. The number of allylic oxidation sites excluding steroid dienone is 2. The van der Waals surface area contributed by atoms with Crippen molar-refractivity contribution in [2.45, 2.75) is 24.2 Å². The molecule has 4 aromatic rings. The molecule has 2 aliphatic carbocycles. The van der Waals surface area contributed by atoms with Gasteiger partial charge in [0, 0.05) is 37.2 Å². The van der Waals surface area contributed by atoms with Crippen molar-refractivity contribution in [3.63, 3.8) is 0 Å². The largest absolute Gasteiger partial charge is 0.503 e. The minimum Gasteiger partial charge on any atom is -0.503 e. The van der Waals surface area contributed by atoms with Crippen LogP contribution in [0.25, 0.3) is 0 Å². The van der Waals surface area contributed by atoms with Gasteiger partial charge in [-0.05, 0) is 94.3 Å². The molecule has 0 radical (unpaired) electrons. The highest BCUT2D eigenvalue weighted by Gasteiger charge is 2.70. The van der Waals surface area contributed by atoms with Gasteiger partial charge in [0.15, 0.2) is 17.2 Å². The summed E-state index contributed by atoms with van der Waals surface area (Å²) < 4.78 is 19.7. The molecule has 2 heterocycles. The lowest BCUT2D eigenvalue weighted by Gasteiger charge is -2.50. The first-order valence-corrected chi connectivity index (χ1v) is 19.6. The summed E-state index contributed by atoms with van der Waals surface area (Å²) in [6, 6.07) is 16.5. The van der Waals surface area contributed by atoms with Crippen LogP contribution >= 0.6 is 27.5 Å². The number of ether oxygens (including phenoxy) is 1. The third kappa shape index (κ3) is 5.98. The van der Waals surface area contributed by atoms with Crippen LogP contribution in [0.4, 0.5) is 32.8 Å². The maximum absolute atomic E-state index is 15.4. The highest BCUT2D eigenvalue weighted by Crippen LogP contribution is 2.65. The van der Waals surface area contributed by atoms with Crippen molar-refractivity contribution >= 4 is 79.6 Å². The van der Waals surface area contributed by atoms with E-state index in [4.69, 9.17) is 16.3 Å². The molecule has 308 valence electrons. The number of nitrogens with zero attached hydrogens (tertiary/aromatic N) is 5. The van der Waals surface area contributed by atoms with Crippen molar-refractivity contribution < 1.29 is 43.3 Å². The van der Waals surface area contributed by atoms with Gasteiger partial charge in [0.2, 0.25) is 11.8 Å². The van der Waals surface area contributed by atoms with Crippen molar-refractivity contribution in [3.05, 3.63) is 131 Å². The quantitative estimate of drug-likeness (QED) is 0.0752. The molecule has 6 unspecified atom stereocenters. The Balaban J connectivity index is 1.33. The van der Waals surface area contributed by atoms with Gasteiger partial charge in [-0.25, -0.2) is 9.29 Å². The average Bonchev–Trinajstić information content (AvgIpc) is 3.59. The minimum atomic E-state index is -1.75. The Bertz CT molecular complexity index is 2560. The molecule has 19 heteroatoms. The van der Waals surface area contributed by atoms with Crippen LogP contribution in [0, 0.1) is 49.7 Å². The predicted octanol–water partition coefficient (Wildman–Crippen LogP) is 7.03. The molecular weight excluding hydrogens is 871 g/mol. The molecule has 2 saturated heterocycles. The number of carbonyl (C=O) groups excluding carboxylic acids is 4. The molecule has 2 aliphatic heterocycles. The molecule has 0 bridgehead atoms. The number of methoxy groups -OCH3 is 1. The van der Waals surface area contributed by atoms with Gasteiger partial charge in [0.1, 0.15) is 5.82 Å². The summed E-state index contributed by atoms with van der Waals surface area (Å²) in [6.07, 6.45) is 1.59. The molecule has 4 amide bonds. The Morgan fingerprint density at radius 1 is 0.933 bits per heavy atom. The van der Waals surface area contributed by atoms with Crippen LogP contribution in [-0.2, 0) is 24.6 Å². The third-order valence-electron chi connectivity index (χ3n) is 12.0. The van der Waals surface area contributed by atoms with Crippen LogP contribution in [-0.4, -0.2) is 64.8 Å². The third-order valence-corrected chi connectivity index (χ3v) is 12.9. The van der Waals surface area contributed by atoms with Gasteiger partial charge >= 0.3 is 11.4 Å². The highest BCUT2D eigenvalue weighted by atomic mass is 79.9. The summed E-state index contributed by atoms with van der Waals surface area (Å²) in [5.74, 6) is -9.05. The number of anilines is 3. The van der Waals surface area contributed by atoms with Crippen molar-refractivity contribution in [1.82, 2.24) is 5.01 Å². The van der Waals surface area contributed by atoms with Crippen LogP contribution < -0.4 is 20.0 Å². The first kappa shape index (κ1) is 40.4. The number of hydrogen-bond donors (Lipinski definition) is 2. The second-order valence-electron chi connectivity index (χ2n) is 15.2. The Kier molecular flexibility index (Phi) is 9.90. The van der Waals surface area contributed by atoms with Gasteiger partial charge < -0.3 is 14.7 Å². The average molecular weight is 904 g/mol. The van der Waals surface area contributed by atoms with Crippen molar-refractivity contribution in [2.75, 3.05) is 36.4 Å². The van der Waals surface area contributed by atoms with Crippen molar-refractivity contribution in [1.29, 1.82) is 0 Å². The lowest BCUT2D eigenvalue weighted by molar-refractivity contribution is -0.392. The number of rotatable bonds is 9. The van der Waals surface area contributed by atoms with E-state index in [1.54, 1.807) is 36.4 Å². The fourth-order valence-electron chi connectivity index (χ4n) is 9.66. The van der Waals surface area contributed by atoms with Crippen LogP contribution in [0.15, 0.2) is 88.9 Å². The van der Waals surface area contributed by atoms with Crippen LogP contribution in [0.3, 0.4) is 0 Å². The molecule has 6 atom stereocenters. The number of benzene rings is 4. The van der Waals surface area contributed by atoms with Gasteiger partial charge in [-0.15, -0.1) is 0 Å². The summed E-state index contributed by atoms with van der Waals surface area (Å²) in [4.78, 5) is 84.3. The highest BCUT2D eigenvalue weighted by molar-refractivity contribution is 9.10. The van der Waals surface area contributed by atoms with Gasteiger partial charge in [0.25, 0.3) is 11.8 Å². The topological polar surface area (TPSA) is 206 Å². The summed E-state index contributed by atoms with van der Waals surface area (Å²) in [5, 5.41) is 36.6. The zero-order chi connectivity index (χ0) is 43.1. The lowest BCUT2D eigenvalue weighted by Crippen LogP contribution is -2.53. The smallest absolute Gasteiger partial charge is 0.301 e. The molecule has 1 saturated carbocycles. The number of nitro groups is 2. The molecular formula is C41H33BrClFN6O10. The summed E-state index contributed by atoms with van der Waals surface area (Å²) in [5.41, 5.74) is 0.569. The summed E-state index contributed by atoms with van der Waals surface area (Å²) in [7, 11) is 4.12. The second kappa shape index (κ2) is 14.7. The molecule has 4 aromatic carbocycles. The first-order valence-electron chi connectivity index (χ1n) is 18.5. The number of nitro benzene ring substituents is 2. The van der Waals surface area contributed by atoms with E-state index in [1.165, 1.54) is 44.3 Å². The van der Waals surface area contributed by atoms with Crippen molar-refractivity contribution in [3.8, 4) is 11.5 Å². The van der Waals surface area contributed by atoms with E-state index in [-0.39, 0.29) is 45.9 Å². The first-order chi connectivity index (χ1) is 28.5. The van der Waals surface area contributed by atoms with E-state index >= 15 is 4.79 Å². The Morgan fingerprint density at radius 2 is 1.57 bits per heavy atom. The number of hydrogen-bond acceptors (Lipinski definition) is 12. The number of aromatic hydroxyl groups is 1. The predicted molar refractivity (Wildman–Crippen MR) is 218 cm³/mol. The van der Waals surface area contributed by atoms with E-state index in [9.17, 15) is 44.1 Å². The van der Waals surface area contributed by atoms with Gasteiger partial charge in [-0.3, -0.25) is 44.8 Å². The molecule has 0 aromatic heterocycles. The fourth-order valence-corrected chi connectivity index (χ4v) is 10.2. The minimum absolute atomic E-state index is 0.0271. The number of amides is 4. The normalized spacial score (nSPS) is 24.4. The maximum atomic E-state index is 15.4. The molecule has 8 rings (SSSR count). The summed E-state index contributed by atoms with van der Waals surface area (Å²) in [6.45, 7) is 0. The van der Waals surface area contributed by atoms with Crippen LogP contribution in [0.2, 0.25) is 5.02 Å². The van der Waals surface area contributed by atoms with E-state index in [0.717, 1.165) is 34.2 Å². The molecule has 3 fully saturated rings. The van der Waals surface area contributed by atoms with Crippen LogP contribution in [0.5, 0.6) is 11.5 Å². The number of carbonyl (C=O) groups is 4. The van der Waals surface area contributed by atoms with Gasteiger partial charge in [-0.2, -0.15) is 5.01 Å². The maximum Gasteiger partial charge on any atom is 0.301 e. The van der Waals surface area contributed by atoms with Crippen LogP contribution in [0.1, 0.15) is 29.9 Å². The number of phenolic OH excluding ortho intramolecular Hbond substituents is 1. The number of imide groups is 2. The molecule has 0 spiro atoms. The van der Waals surface area contributed by atoms with E-state index in [2.05, 4.69) is 21.4 Å². The number of fused-ring (bicyclic) bond motifs is 4. The van der Waals surface area contributed by atoms with Crippen molar-refractivity contribution in [2.24, 2.45) is 23.7 Å². The zero-order valence-corrected chi connectivity index (χ0v) is 34.1. The van der Waals surface area contributed by atoms with E-state index in [1.807, 2.05) is 0 Å². The zero-order valence-electron chi connectivity index (χ0n) is 31.8. The van der Waals surface area contributed by atoms with Gasteiger partial charge in [0.05, 0.1) is 56.0 Å². The van der Waals surface area contributed by atoms with Gasteiger partial charge in [-0.1, -0.05) is 35.4 Å². The second-order valence-corrected chi connectivity index (χ2v) is 16.5. The van der Waals surface area contributed by atoms with E-state index in [0.29, 0.717) is 21.7 Å². The fraction of sp³-hybridized carbons (Fsp3) is 0.268. The molecule has 16 nitrogen and oxygen atoms in total. The molecule has 60 heavy (non-hydrogen) atoms. The Hall–Kier alpha value is -6.40. The number of phenols is 1. The number of nitrogens with one attached hydrogen (secondary N) is 1.